The predicted molar refractivity (Wildman–Crippen MR) is 70.4 cm³/mol. The number of unbranched alkanes of at least 4 members (excludes halogenated alkanes) is 3. The molecule has 1 aliphatic heterocycles. The quantitative estimate of drug-likeness (QED) is 0.712. The Morgan fingerprint density at radius 1 is 1.22 bits per heavy atom. The molecule has 1 saturated heterocycles. The van der Waals surface area contributed by atoms with Gasteiger partial charge in [-0.1, -0.05) is 26.2 Å². The molecule has 4 heteroatoms. The smallest absolute Gasteiger partial charge is 0.305 e. The van der Waals surface area contributed by atoms with Gasteiger partial charge < -0.3 is 10.0 Å². The van der Waals surface area contributed by atoms with Gasteiger partial charge in [-0.25, -0.2) is 0 Å². The fourth-order valence-corrected chi connectivity index (χ4v) is 2.59. The lowest BCUT2D eigenvalue weighted by atomic mass is 9.98. The third kappa shape index (κ3) is 5.07. The molecule has 0 aromatic rings. The van der Waals surface area contributed by atoms with Crippen LogP contribution in [-0.4, -0.2) is 34.5 Å². The highest BCUT2D eigenvalue weighted by atomic mass is 16.4. The zero-order valence-corrected chi connectivity index (χ0v) is 11.4. The fourth-order valence-electron chi connectivity index (χ4n) is 2.59. The monoisotopic (exact) mass is 255 g/mol. The number of nitrogens with zero attached hydrogens (tertiary/aromatic N) is 1. The number of carbonyl (C=O) groups excluding carboxylic acids is 1. The van der Waals surface area contributed by atoms with Crippen LogP contribution in [0.15, 0.2) is 0 Å². The first kappa shape index (κ1) is 15.0. The number of carboxylic acids is 1. The molecule has 1 rings (SSSR count). The zero-order chi connectivity index (χ0) is 13.4. The summed E-state index contributed by atoms with van der Waals surface area (Å²) in [5, 5.41) is 8.87. The number of carbonyl (C=O) groups is 2. The summed E-state index contributed by atoms with van der Waals surface area (Å²) >= 11 is 0. The van der Waals surface area contributed by atoms with E-state index in [1.807, 2.05) is 4.90 Å². The zero-order valence-electron chi connectivity index (χ0n) is 11.4. The van der Waals surface area contributed by atoms with Gasteiger partial charge in [0.05, 0.1) is 6.42 Å². The van der Waals surface area contributed by atoms with Crippen LogP contribution < -0.4 is 0 Å². The van der Waals surface area contributed by atoms with E-state index in [9.17, 15) is 9.59 Å². The maximum atomic E-state index is 12.1. The average Bonchev–Trinajstić information content (AvgIpc) is 2.34. The maximum absolute atomic E-state index is 12.1. The second-order valence-electron chi connectivity index (χ2n) is 5.15. The number of hydrogen-bond donors (Lipinski definition) is 1. The van der Waals surface area contributed by atoms with Crippen molar-refractivity contribution in [1.29, 1.82) is 0 Å². The van der Waals surface area contributed by atoms with Crippen LogP contribution in [0.3, 0.4) is 0 Å². The summed E-state index contributed by atoms with van der Waals surface area (Å²) in [4.78, 5) is 24.7. The maximum Gasteiger partial charge on any atom is 0.305 e. The van der Waals surface area contributed by atoms with Gasteiger partial charge in [0, 0.05) is 19.0 Å². The van der Waals surface area contributed by atoms with Crippen LogP contribution in [0.2, 0.25) is 0 Å². The highest BCUT2D eigenvalue weighted by Gasteiger charge is 2.27. The molecule has 0 radical (unpaired) electrons. The van der Waals surface area contributed by atoms with Crippen molar-refractivity contribution in [2.45, 2.75) is 70.8 Å². The van der Waals surface area contributed by atoms with Gasteiger partial charge in [-0.3, -0.25) is 9.59 Å². The van der Waals surface area contributed by atoms with Crippen LogP contribution in [0.4, 0.5) is 0 Å². The van der Waals surface area contributed by atoms with Crippen molar-refractivity contribution >= 4 is 11.9 Å². The Bertz CT molecular complexity index is 278. The molecule has 0 aromatic carbocycles. The van der Waals surface area contributed by atoms with E-state index in [1.54, 1.807) is 0 Å². The van der Waals surface area contributed by atoms with Gasteiger partial charge in [-0.2, -0.15) is 0 Å². The van der Waals surface area contributed by atoms with Crippen LogP contribution in [0.25, 0.3) is 0 Å². The molecule has 1 N–H and O–H groups in total. The Hall–Kier alpha value is -1.06. The summed E-state index contributed by atoms with van der Waals surface area (Å²) in [5.41, 5.74) is 0. The van der Waals surface area contributed by atoms with Gasteiger partial charge in [0.25, 0.3) is 0 Å². The summed E-state index contributed by atoms with van der Waals surface area (Å²) in [6, 6.07) is -0.0741. The molecule has 0 aliphatic carbocycles. The molecule has 0 spiro atoms. The Labute approximate surface area is 109 Å². The molecule has 0 aromatic heterocycles. The van der Waals surface area contributed by atoms with Crippen LogP contribution >= 0.6 is 0 Å². The topological polar surface area (TPSA) is 57.6 Å². The minimum Gasteiger partial charge on any atom is -0.481 e. The molecule has 1 fully saturated rings. The van der Waals surface area contributed by atoms with Crippen molar-refractivity contribution < 1.29 is 14.7 Å². The molecule has 104 valence electrons. The van der Waals surface area contributed by atoms with Crippen LogP contribution in [0, 0.1) is 0 Å². The predicted octanol–water partition coefficient (Wildman–Crippen LogP) is 2.81. The summed E-state index contributed by atoms with van der Waals surface area (Å²) in [6.45, 7) is 2.89. The largest absolute Gasteiger partial charge is 0.481 e. The third-order valence-corrected chi connectivity index (χ3v) is 3.60. The Morgan fingerprint density at radius 2 is 2.00 bits per heavy atom. The molecule has 0 saturated carbocycles. The molecular weight excluding hydrogens is 230 g/mol. The Morgan fingerprint density at radius 3 is 2.67 bits per heavy atom. The molecule has 0 bridgehead atoms. The molecule has 1 unspecified atom stereocenters. The summed E-state index contributed by atoms with van der Waals surface area (Å²) in [6.07, 6.45) is 7.94. The van der Waals surface area contributed by atoms with E-state index >= 15 is 0 Å². The summed E-state index contributed by atoms with van der Waals surface area (Å²) in [5.74, 6) is -0.650. The number of piperidine rings is 1. The van der Waals surface area contributed by atoms with E-state index in [1.165, 1.54) is 12.8 Å². The molecule has 1 amide bonds. The first-order valence-electron chi connectivity index (χ1n) is 7.16. The molecule has 1 aliphatic rings. The number of rotatable bonds is 7. The first-order valence-corrected chi connectivity index (χ1v) is 7.16. The van der Waals surface area contributed by atoms with Gasteiger partial charge in [0.2, 0.25) is 5.91 Å². The molecule has 1 heterocycles. The van der Waals surface area contributed by atoms with Crippen LogP contribution in [0.1, 0.15) is 64.7 Å². The van der Waals surface area contributed by atoms with E-state index in [-0.39, 0.29) is 18.4 Å². The Kier molecular flexibility index (Phi) is 6.76. The van der Waals surface area contributed by atoms with Crippen molar-refractivity contribution in [3.63, 3.8) is 0 Å². The lowest BCUT2D eigenvalue weighted by Crippen LogP contribution is -2.44. The molecule has 4 nitrogen and oxygen atoms in total. The van der Waals surface area contributed by atoms with E-state index in [0.29, 0.717) is 6.42 Å². The first-order chi connectivity index (χ1) is 8.65. The van der Waals surface area contributed by atoms with Crippen LogP contribution in [0.5, 0.6) is 0 Å². The average molecular weight is 255 g/mol. The van der Waals surface area contributed by atoms with Crippen molar-refractivity contribution in [1.82, 2.24) is 4.90 Å². The number of amides is 1. The summed E-state index contributed by atoms with van der Waals surface area (Å²) in [7, 11) is 0. The van der Waals surface area contributed by atoms with Crippen molar-refractivity contribution in [2.75, 3.05) is 6.54 Å². The minimum atomic E-state index is -0.800. The van der Waals surface area contributed by atoms with Gasteiger partial charge in [0.15, 0.2) is 0 Å². The standard InChI is InChI=1S/C14H25NO3/c1-2-3-4-5-9-13(16)15-10-7-6-8-12(15)11-14(17)18/h12H,2-11H2,1H3,(H,17,18). The second-order valence-corrected chi connectivity index (χ2v) is 5.15. The van der Waals surface area contributed by atoms with Gasteiger partial charge in [0.1, 0.15) is 0 Å². The van der Waals surface area contributed by atoms with Gasteiger partial charge >= 0.3 is 5.97 Å². The van der Waals surface area contributed by atoms with E-state index in [2.05, 4.69) is 6.92 Å². The normalized spacial score (nSPS) is 19.8. The van der Waals surface area contributed by atoms with E-state index in [0.717, 1.165) is 38.6 Å². The lowest BCUT2D eigenvalue weighted by Gasteiger charge is -2.35. The van der Waals surface area contributed by atoms with E-state index < -0.39 is 5.97 Å². The Balaban J connectivity index is 2.39. The van der Waals surface area contributed by atoms with Gasteiger partial charge in [-0.05, 0) is 25.7 Å². The summed E-state index contributed by atoms with van der Waals surface area (Å²) < 4.78 is 0. The van der Waals surface area contributed by atoms with Crippen molar-refractivity contribution in [3.8, 4) is 0 Å². The molecular formula is C14H25NO3. The number of aliphatic carboxylic acids is 1. The highest BCUT2D eigenvalue weighted by Crippen LogP contribution is 2.21. The number of likely N-dealkylation sites (tertiary alicyclic amines) is 1. The lowest BCUT2D eigenvalue weighted by molar-refractivity contribution is -0.142. The SMILES string of the molecule is CCCCCCC(=O)N1CCCCC1CC(=O)O. The molecule has 18 heavy (non-hydrogen) atoms. The minimum absolute atomic E-state index is 0.0741. The number of carboxylic acid groups (broad SMARTS) is 1. The van der Waals surface area contributed by atoms with E-state index in [4.69, 9.17) is 5.11 Å². The number of hydrogen-bond acceptors (Lipinski definition) is 2. The molecule has 1 atom stereocenters. The van der Waals surface area contributed by atoms with Gasteiger partial charge in [-0.15, -0.1) is 0 Å². The van der Waals surface area contributed by atoms with Crippen molar-refractivity contribution in [2.24, 2.45) is 0 Å². The van der Waals surface area contributed by atoms with Crippen molar-refractivity contribution in [3.05, 3.63) is 0 Å². The van der Waals surface area contributed by atoms with Crippen LogP contribution in [-0.2, 0) is 9.59 Å². The third-order valence-electron chi connectivity index (χ3n) is 3.60. The highest BCUT2D eigenvalue weighted by molar-refractivity contribution is 5.77. The fraction of sp³-hybridized carbons (Fsp3) is 0.857. The second kappa shape index (κ2) is 8.11.